The fourth-order valence-electron chi connectivity index (χ4n) is 2.14. The van der Waals surface area contributed by atoms with E-state index in [1.54, 1.807) is 12.1 Å². The lowest BCUT2D eigenvalue weighted by Gasteiger charge is -2.15. The number of halogens is 2. The van der Waals surface area contributed by atoms with Crippen LogP contribution in [-0.2, 0) is 0 Å². The summed E-state index contributed by atoms with van der Waals surface area (Å²) in [5.74, 6) is 0.849. The van der Waals surface area contributed by atoms with E-state index < -0.39 is 0 Å². The van der Waals surface area contributed by atoms with E-state index in [4.69, 9.17) is 27.6 Å². The van der Waals surface area contributed by atoms with Gasteiger partial charge in [0.25, 0.3) is 0 Å². The summed E-state index contributed by atoms with van der Waals surface area (Å²) in [5.41, 5.74) is 1.60. The lowest BCUT2D eigenvalue weighted by molar-refractivity contribution is 0.526. The first-order chi connectivity index (χ1) is 9.65. The number of hydrogen-bond donors (Lipinski definition) is 1. The Morgan fingerprint density at radius 2 is 1.70 bits per heavy atom. The normalized spacial score (nSPS) is 12.6. The molecule has 0 aliphatic rings. The van der Waals surface area contributed by atoms with Gasteiger partial charge in [-0.25, -0.2) is 0 Å². The molecule has 1 heterocycles. The highest BCUT2D eigenvalue weighted by molar-refractivity contribution is 6.39. The maximum atomic E-state index is 6.16. The van der Waals surface area contributed by atoms with Crippen molar-refractivity contribution in [1.82, 2.24) is 0 Å². The molecule has 3 aromatic rings. The average Bonchev–Trinajstić information content (AvgIpc) is 2.87. The van der Waals surface area contributed by atoms with E-state index in [1.165, 1.54) is 0 Å². The largest absolute Gasteiger partial charge is 0.459 e. The zero-order valence-corrected chi connectivity index (χ0v) is 12.4. The average molecular weight is 306 g/mol. The minimum absolute atomic E-state index is 0.0280. The fraction of sp³-hybridized carbons (Fsp3) is 0.125. The summed E-state index contributed by atoms with van der Waals surface area (Å²) in [5, 5.41) is 5.58. The van der Waals surface area contributed by atoms with Crippen molar-refractivity contribution >= 4 is 39.9 Å². The Labute approximate surface area is 127 Å². The Balaban J connectivity index is 1.91. The first-order valence-electron chi connectivity index (χ1n) is 6.34. The van der Waals surface area contributed by atoms with Crippen LogP contribution >= 0.6 is 23.2 Å². The summed E-state index contributed by atoms with van der Waals surface area (Å²) in [6.07, 6.45) is 0. The molecule has 0 aliphatic carbocycles. The molecule has 1 atom stereocenters. The van der Waals surface area contributed by atoms with Gasteiger partial charge in [-0.05, 0) is 31.2 Å². The molecule has 4 heteroatoms. The van der Waals surface area contributed by atoms with Crippen LogP contribution in [0.2, 0.25) is 10.0 Å². The fourth-order valence-corrected chi connectivity index (χ4v) is 2.65. The van der Waals surface area contributed by atoms with Crippen LogP contribution in [-0.4, -0.2) is 0 Å². The third-order valence-electron chi connectivity index (χ3n) is 3.19. The molecule has 3 rings (SSSR count). The molecular formula is C16H13Cl2NO. The van der Waals surface area contributed by atoms with Gasteiger partial charge in [0.1, 0.15) is 11.3 Å². The number of para-hydroxylation sites is 2. The number of furan rings is 1. The van der Waals surface area contributed by atoms with E-state index in [0.717, 1.165) is 22.4 Å². The van der Waals surface area contributed by atoms with Crippen molar-refractivity contribution in [1.29, 1.82) is 0 Å². The van der Waals surface area contributed by atoms with Gasteiger partial charge in [0, 0.05) is 5.39 Å². The molecule has 0 saturated heterocycles. The van der Waals surface area contributed by atoms with Gasteiger partial charge in [-0.15, -0.1) is 0 Å². The predicted molar refractivity (Wildman–Crippen MR) is 84.7 cm³/mol. The maximum absolute atomic E-state index is 6.16. The number of hydrogen-bond acceptors (Lipinski definition) is 2. The van der Waals surface area contributed by atoms with Crippen molar-refractivity contribution in [2.75, 3.05) is 5.32 Å². The van der Waals surface area contributed by atoms with E-state index >= 15 is 0 Å². The Hall–Kier alpha value is -1.64. The van der Waals surface area contributed by atoms with Crippen molar-refractivity contribution in [2.45, 2.75) is 13.0 Å². The summed E-state index contributed by atoms with van der Waals surface area (Å²) in [6.45, 7) is 2.01. The van der Waals surface area contributed by atoms with Crippen LogP contribution in [0.1, 0.15) is 18.7 Å². The van der Waals surface area contributed by atoms with E-state index in [-0.39, 0.29) is 6.04 Å². The third-order valence-corrected chi connectivity index (χ3v) is 3.82. The lowest BCUT2D eigenvalue weighted by atomic mass is 10.2. The zero-order valence-electron chi connectivity index (χ0n) is 10.9. The molecule has 0 spiro atoms. The predicted octanol–water partition coefficient (Wildman–Crippen LogP) is 5.91. The van der Waals surface area contributed by atoms with Crippen molar-refractivity contribution in [2.24, 2.45) is 0 Å². The second-order valence-electron chi connectivity index (χ2n) is 4.65. The maximum Gasteiger partial charge on any atom is 0.134 e. The van der Waals surface area contributed by atoms with E-state index in [9.17, 15) is 0 Å². The first-order valence-corrected chi connectivity index (χ1v) is 7.10. The van der Waals surface area contributed by atoms with Crippen LogP contribution in [0.3, 0.4) is 0 Å². The van der Waals surface area contributed by atoms with Crippen LogP contribution in [0.25, 0.3) is 11.0 Å². The van der Waals surface area contributed by atoms with Gasteiger partial charge in [-0.2, -0.15) is 0 Å². The Bertz CT molecular complexity index is 698. The molecule has 0 aliphatic heterocycles. The number of rotatable bonds is 3. The molecule has 0 amide bonds. The van der Waals surface area contributed by atoms with E-state index in [2.05, 4.69) is 5.32 Å². The van der Waals surface area contributed by atoms with E-state index in [0.29, 0.717) is 10.0 Å². The standard InChI is InChI=1S/C16H13Cl2NO/c1-10(19-16-12(17)6-4-7-13(16)18)15-9-11-5-2-3-8-14(11)20-15/h2-10,19H,1H3. The molecule has 1 unspecified atom stereocenters. The first kappa shape index (κ1) is 13.3. The van der Waals surface area contributed by atoms with Gasteiger partial charge in [0.15, 0.2) is 0 Å². The second kappa shape index (κ2) is 5.39. The summed E-state index contributed by atoms with van der Waals surface area (Å²) < 4.78 is 5.83. The summed E-state index contributed by atoms with van der Waals surface area (Å²) in [7, 11) is 0. The van der Waals surface area contributed by atoms with Crippen LogP contribution < -0.4 is 5.32 Å². The summed E-state index contributed by atoms with van der Waals surface area (Å²) in [6, 6.07) is 15.4. The number of nitrogens with one attached hydrogen (secondary N) is 1. The van der Waals surface area contributed by atoms with Crippen molar-refractivity contribution < 1.29 is 4.42 Å². The Kier molecular flexibility index (Phi) is 3.60. The molecule has 1 N–H and O–H groups in total. The molecule has 1 aromatic heterocycles. The lowest BCUT2D eigenvalue weighted by Crippen LogP contribution is -2.06. The van der Waals surface area contributed by atoms with Gasteiger partial charge in [-0.3, -0.25) is 0 Å². The molecule has 2 aromatic carbocycles. The quantitative estimate of drug-likeness (QED) is 0.650. The Morgan fingerprint density at radius 1 is 1.00 bits per heavy atom. The van der Waals surface area contributed by atoms with Crippen LogP contribution in [0.4, 0.5) is 5.69 Å². The molecule has 0 radical (unpaired) electrons. The number of anilines is 1. The van der Waals surface area contributed by atoms with Gasteiger partial charge in [-0.1, -0.05) is 47.5 Å². The van der Waals surface area contributed by atoms with Crippen molar-refractivity contribution in [3.8, 4) is 0 Å². The monoisotopic (exact) mass is 305 g/mol. The molecule has 0 fully saturated rings. The molecule has 0 bridgehead atoms. The minimum Gasteiger partial charge on any atom is -0.459 e. The molecule has 20 heavy (non-hydrogen) atoms. The van der Waals surface area contributed by atoms with Crippen molar-refractivity contribution in [3.05, 3.63) is 64.3 Å². The molecular weight excluding hydrogens is 293 g/mol. The van der Waals surface area contributed by atoms with Crippen molar-refractivity contribution in [3.63, 3.8) is 0 Å². The highest BCUT2D eigenvalue weighted by atomic mass is 35.5. The second-order valence-corrected chi connectivity index (χ2v) is 5.46. The summed E-state index contributed by atoms with van der Waals surface area (Å²) >= 11 is 12.3. The van der Waals surface area contributed by atoms with Crippen LogP contribution in [0.15, 0.2) is 52.9 Å². The smallest absolute Gasteiger partial charge is 0.134 e. The molecule has 102 valence electrons. The minimum atomic E-state index is -0.0280. The Morgan fingerprint density at radius 3 is 2.40 bits per heavy atom. The van der Waals surface area contributed by atoms with Gasteiger partial charge < -0.3 is 9.73 Å². The topological polar surface area (TPSA) is 25.2 Å². The van der Waals surface area contributed by atoms with Gasteiger partial charge in [0.05, 0.1) is 21.8 Å². The molecule has 2 nitrogen and oxygen atoms in total. The highest BCUT2D eigenvalue weighted by Crippen LogP contribution is 2.34. The zero-order chi connectivity index (χ0) is 14.1. The van der Waals surface area contributed by atoms with Crippen LogP contribution in [0.5, 0.6) is 0 Å². The SMILES string of the molecule is CC(Nc1c(Cl)cccc1Cl)c1cc2ccccc2o1. The van der Waals surface area contributed by atoms with Gasteiger partial charge >= 0.3 is 0 Å². The number of benzene rings is 2. The highest BCUT2D eigenvalue weighted by Gasteiger charge is 2.14. The molecule has 0 saturated carbocycles. The summed E-state index contributed by atoms with van der Waals surface area (Å²) in [4.78, 5) is 0. The van der Waals surface area contributed by atoms with Crippen LogP contribution in [0, 0.1) is 0 Å². The van der Waals surface area contributed by atoms with Gasteiger partial charge in [0.2, 0.25) is 0 Å². The number of fused-ring (bicyclic) bond motifs is 1. The third kappa shape index (κ3) is 2.49. The van der Waals surface area contributed by atoms with E-state index in [1.807, 2.05) is 43.3 Å².